The van der Waals surface area contributed by atoms with Crippen LogP contribution in [0.1, 0.15) is 75.5 Å². The molecule has 0 aromatic carbocycles. The number of nitrogens with zero attached hydrogens (tertiary/aromatic N) is 2. The van der Waals surface area contributed by atoms with Crippen LogP contribution >= 0.6 is 0 Å². The molecule has 0 aliphatic carbocycles. The predicted molar refractivity (Wildman–Crippen MR) is 78.7 cm³/mol. The van der Waals surface area contributed by atoms with Crippen molar-refractivity contribution in [2.24, 2.45) is 5.41 Å². The Morgan fingerprint density at radius 3 is 2.80 bits per heavy atom. The van der Waals surface area contributed by atoms with Gasteiger partial charge in [-0.1, -0.05) is 39.3 Å². The fraction of sp³-hybridized carbons (Fsp3) is 0.750. The molecule has 1 amide bonds. The van der Waals surface area contributed by atoms with Crippen LogP contribution in [0.5, 0.6) is 0 Å². The van der Waals surface area contributed by atoms with Gasteiger partial charge in [0.05, 0.1) is 0 Å². The monoisotopic (exact) mass is 278 g/mol. The first-order valence-electron chi connectivity index (χ1n) is 7.71. The van der Waals surface area contributed by atoms with E-state index < -0.39 is 0 Å². The summed E-state index contributed by atoms with van der Waals surface area (Å²) in [7, 11) is 0. The summed E-state index contributed by atoms with van der Waals surface area (Å²) in [4.78, 5) is 14.4. The van der Waals surface area contributed by atoms with Crippen molar-refractivity contribution in [1.29, 1.82) is 0 Å². The fourth-order valence-electron chi connectivity index (χ4n) is 2.72. The van der Waals surface area contributed by atoms with E-state index in [4.69, 9.17) is 4.52 Å². The molecule has 1 aliphatic heterocycles. The predicted octanol–water partition coefficient (Wildman–Crippen LogP) is 3.84. The first-order valence-corrected chi connectivity index (χ1v) is 7.71. The number of aromatic nitrogens is 1. The Morgan fingerprint density at radius 1 is 1.45 bits per heavy atom. The SMILES string of the molecule is CCC1(C)CCCN(C(=O)c2cc(C(C)C)on2)CC1. The van der Waals surface area contributed by atoms with E-state index >= 15 is 0 Å². The van der Waals surface area contributed by atoms with Crippen molar-refractivity contribution in [2.45, 2.75) is 59.3 Å². The van der Waals surface area contributed by atoms with Crippen molar-refractivity contribution in [1.82, 2.24) is 10.1 Å². The normalized spacial score (nSPS) is 23.9. The van der Waals surface area contributed by atoms with Gasteiger partial charge in [0.2, 0.25) is 0 Å². The Morgan fingerprint density at radius 2 is 2.20 bits per heavy atom. The minimum Gasteiger partial charge on any atom is -0.360 e. The molecule has 1 unspecified atom stereocenters. The van der Waals surface area contributed by atoms with Crippen LogP contribution in [0, 0.1) is 5.41 Å². The molecule has 0 radical (unpaired) electrons. The smallest absolute Gasteiger partial charge is 0.276 e. The van der Waals surface area contributed by atoms with E-state index in [2.05, 4.69) is 19.0 Å². The zero-order chi connectivity index (χ0) is 14.8. The summed E-state index contributed by atoms with van der Waals surface area (Å²) in [5.41, 5.74) is 0.830. The summed E-state index contributed by atoms with van der Waals surface area (Å²) in [6, 6.07) is 1.79. The van der Waals surface area contributed by atoms with E-state index in [1.165, 1.54) is 12.8 Å². The molecule has 1 fully saturated rings. The van der Waals surface area contributed by atoms with Crippen LogP contribution in [0.3, 0.4) is 0 Å². The second-order valence-electron chi connectivity index (χ2n) is 6.58. The first-order chi connectivity index (χ1) is 9.45. The number of carbonyl (C=O) groups is 1. The molecule has 2 rings (SSSR count). The maximum absolute atomic E-state index is 12.5. The molecule has 2 heterocycles. The number of rotatable bonds is 3. The molecular weight excluding hydrogens is 252 g/mol. The quantitative estimate of drug-likeness (QED) is 0.844. The Bertz CT molecular complexity index is 467. The average molecular weight is 278 g/mol. The Hall–Kier alpha value is -1.32. The molecule has 0 saturated carbocycles. The highest BCUT2D eigenvalue weighted by molar-refractivity contribution is 5.92. The van der Waals surface area contributed by atoms with Gasteiger partial charge < -0.3 is 9.42 Å². The summed E-state index contributed by atoms with van der Waals surface area (Å²) in [5, 5.41) is 3.93. The standard InChI is InChI=1S/C16H26N2O2/c1-5-16(4)7-6-9-18(10-8-16)15(19)13-11-14(12(2)3)20-17-13/h11-12H,5-10H2,1-4H3. The van der Waals surface area contributed by atoms with E-state index in [-0.39, 0.29) is 11.8 Å². The number of likely N-dealkylation sites (tertiary alicyclic amines) is 1. The van der Waals surface area contributed by atoms with Crippen LogP contribution < -0.4 is 0 Å². The molecule has 4 nitrogen and oxygen atoms in total. The van der Waals surface area contributed by atoms with Crippen molar-refractivity contribution >= 4 is 5.91 Å². The molecular formula is C16H26N2O2. The summed E-state index contributed by atoms with van der Waals surface area (Å²) in [6.45, 7) is 10.3. The molecule has 1 aliphatic rings. The molecule has 1 aromatic heterocycles. The van der Waals surface area contributed by atoms with Crippen LogP contribution in [0.2, 0.25) is 0 Å². The minimum atomic E-state index is 0.0148. The molecule has 4 heteroatoms. The Labute approximate surface area is 121 Å². The van der Waals surface area contributed by atoms with Crippen LogP contribution in [0.4, 0.5) is 0 Å². The van der Waals surface area contributed by atoms with Gasteiger partial charge in [0, 0.05) is 25.1 Å². The lowest BCUT2D eigenvalue weighted by Crippen LogP contribution is -2.32. The average Bonchev–Trinajstić information content (AvgIpc) is 2.83. The number of hydrogen-bond donors (Lipinski definition) is 0. The lowest BCUT2D eigenvalue weighted by atomic mass is 9.80. The van der Waals surface area contributed by atoms with Crippen molar-refractivity contribution in [3.05, 3.63) is 17.5 Å². The largest absolute Gasteiger partial charge is 0.360 e. The molecule has 0 bridgehead atoms. The lowest BCUT2D eigenvalue weighted by molar-refractivity contribution is 0.0745. The van der Waals surface area contributed by atoms with Gasteiger partial charge in [-0.2, -0.15) is 0 Å². The summed E-state index contributed by atoms with van der Waals surface area (Å²) in [6.07, 6.45) is 4.52. The second kappa shape index (κ2) is 5.98. The fourth-order valence-corrected chi connectivity index (χ4v) is 2.72. The summed E-state index contributed by atoms with van der Waals surface area (Å²) in [5.74, 6) is 1.05. The maximum Gasteiger partial charge on any atom is 0.276 e. The molecule has 0 spiro atoms. The number of carbonyl (C=O) groups excluding carboxylic acids is 1. The molecule has 1 saturated heterocycles. The highest BCUT2D eigenvalue weighted by atomic mass is 16.5. The highest BCUT2D eigenvalue weighted by Crippen LogP contribution is 2.34. The third-order valence-corrected chi connectivity index (χ3v) is 4.65. The number of hydrogen-bond acceptors (Lipinski definition) is 3. The van der Waals surface area contributed by atoms with Crippen LogP contribution in [-0.2, 0) is 0 Å². The second-order valence-corrected chi connectivity index (χ2v) is 6.58. The van der Waals surface area contributed by atoms with E-state index in [1.54, 1.807) is 6.07 Å². The van der Waals surface area contributed by atoms with Gasteiger partial charge in [-0.25, -0.2) is 0 Å². The zero-order valence-electron chi connectivity index (χ0n) is 13.1. The molecule has 20 heavy (non-hydrogen) atoms. The Kier molecular flexibility index (Phi) is 4.51. The Balaban J connectivity index is 2.05. The molecule has 112 valence electrons. The van der Waals surface area contributed by atoms with E-state index in [0.717, 1.165) is 31.7 Å². The highest BCUT2D eigenvalue weighted by Gasteiger charge is 2.29. The van der Waals surface area contributed by atoms with Gasteiger partial charge in [-0.3, -0.25) is 4.79 Å². The van der Waals surface area contributed by atoms with Crippen molar-refractivity contribution < 1.29 is 9.32 Å². The van der Waals surface area contributed by atoms with Crippen molar-refractivity contribution in [2.75, 3.05) is 13.1 Å². The van der Waals surface area contributed by atoms with Gasteiger partial charge >= 0.3 is 0 Å². The number of amides is 1. The molecule has 1 atom stereocenters. The van der Waals surface area contributed by atoms with Crippen LogP contribution in [0.15, 0.2) is 10.6 Å². The first kappa shape index (κ1) is 15.1. The van der Waals surface area contributed by atoms with Gasteiger partial charge in [-0.05, 0) is 24.7 Å². The summed E-state index contributed by atoms with van der Waals surface area (Å²) >= 11 is 0. The lowest BCUT2D eigenvalue weighted by Gasteiger charge is -2.26. The third kappa shape index (κ3) is 3.22. The van der Waals surface area contributed by atoms with Crippen LogP contribution in [-0.4, -0.2) is 29.1 Å². The maximum atomic E-state index is 12.5. The molecule has 1 aromatic rings. The van der Waals surface area contributed by atoms with Crippen molar-refractivity contribution in [3.63, 3.8) is 0 Å². The minimum absolute atomic E-state index is 0.0148. The topological polar surface area (TPSA) is 46.3 Å². The van der Waals surface area contributed by atoms with E-state index in [9.17, 15) is 4.79 Å². The van der Waals surface area contributed by atoms with Crippen molar-refractivity contribution in [3.8, 4) is 0 Å². The molecule has 0 N–H and O–H groups in total. The van der Waals surface area contributed by atoms with Gasteiger partial charge in [0.1, 0.15) is 5.76 Å². The van der Waals surface area contributed by atoms with Gasteiger partial charge in [-0.15, -0.1) is 0 Å². The van der Waals surface area contributed by atoms with E-state index in [0.29, 0.717) is 11.1 Å². The zero-order valence-corrected chi connectivity index (χ0v) is 13.1. The van der Waals surface area contributed by atoms with Gasteiger partial charge in [0.15, 0.2) is 5.69 Å². The van der Waals surface area contributed by atoms with E-state index in [1.807, 2.05) is 18.7 Å². The summed E-state index contributed by atoms with van der Waals surface area (Å²) < 4.78 is 5.23. The van der Waals surface area contributed by atoms with Gasteiger partial charge in [0.25, 0.3) is 5.91 Å². The van der Waals surface area contributed by atoms with Crippen LogP contribution in [0.25, 0.3) is 0 Å². The third-order valence-electron chi connectivity index (χ3n) is 4.65.